The van der Waals surface area contributed by atoms with Gasteiger partial charge in [-0.05, 0) is 30.2 Å². The van der Waals surface area contributed by atoms with Crippen LogP contribution in [0.2, 0.25) is 0 Å². The largest absolute Gasteiger partial charge is 0.497 e. The van der Waals surface area contributed by atoms with Crippen LogP contribution in [-0.2, 0) is 6.42 Å². The molecule has 0 saturated carbocycles. The summed E-state index contributed by atoms with van der Waals surface area (Å²) in [5, 5.41) is 14.0. The zero-order valence-electron chi connectivity index (χ0n) is 11.5. The average Bonchev–Trinajstić information content (AvgIpc) is 2.49. The Morgan fingerprint density at radius 3 is 2.57 bits per heavy atom. The third kappa shape index (κ3) is 3.92. The quantitative estimate of drug-likeness (QED) is 0.654. The van der Waals surface area contributed by atoms with Crippen LogP contribution in [0, 0.1) is 15.9 Å². The molecule has 110 valence electrons. The summed E-state index contributed by atoms with van der Waals surface area (Å²) < 4.78 is 17.9. The van der Waals surface area contributed by atoms with Crippen molar-refractivity contribution >= 4 is 11.4 Å². The van der Waals surface area contributed by atoms with Gasteiger partial charge in [0.2, 0.25) is 0 Å². The number of nitrogens with zero attached hydrogens (tertiary/aromatic N) is 1. The fraction of sp³-hybridized carbons (Fsp3) is 0.200. The number of nitrogens with one attached hydrogen (secondary N) is 1. The lowest BCUT2D eigenvalue weighted by atomic mass is 10.1. The van der Waals surface area contributed by atoms with Crippen molar-refractivity contribution in [2.24, 2.45) is 0 Å². The number of anilines is 1. The van der Waals surface area contributed by atoms with Gasteiger partial charge in [0.05, 0.1) is 12.0 Å². The van der Waals surface area contributed by atoms with Crippen LogP contribution in [0.3, 0.4) is 0 Å². The molecule has 2 aromatic carbocycles. The first-order chi connectivity index (χ1) is 10.1. The van der Waals surface area contributed by atoms with Gasteiger partial charge < -0.3 is 10.1 Å². The molecule has 0 saturated heterocycles. The van der Waals surface area contributed by atoms with Gasteiger partial charge in [-0.15, -0.1) is 0 Å². The second-order valence-electron chi connectivity index (χ2n) is 4.44. The molecule has 0 radical (unpaired) electrons. The number of nitro groups is 1. The zero-order valence-corrected chi connectivity index (χ0v) is 11.5. The maximum atomic E-state index is 12.8. The van der Waals surface area contributed by atoms with Crippen molar-refractivity contribution in [3.8, 4) is 5.75 Å². The highest BCUT2D eigenvalue weighted by Crippen LogP contribution is 2.28. The van der Waals surface area contributed by atoms with Crippen molar-refractivity contribution in [1.82, 2.24) is 0 Å². The molecule has 2 rings (SSSR count). The predicted octanol–water partition coefficient (Wildman–Crippen LogP) is 3.40. The van der Waals surface area contributed by atoms with E-state index in [0.717, 1.165) is 5.56 Å². The van der Waals surface area contributed by atoms with E-state index in [9.17, 15) is 14.5 Å². The molecule has 0 aliphatic carbocycles. The van der Waals surface area contributed by atoms with Crippen molar-refractivity contribution in [3.05, 3.63) is 64.0 Å². The molecule has 0 aromatic heterocycles. The van der Waals surface area contributed by atoms with E-state index in [-0.39, 0.29) is 11.5 Å². The van der Waals surface area contributed by atoms with Crippen molar-refractivity contribution in [1.29, 1.82) is 0 Å². The van der Waals surface area contributed by atoms with E-state index >= 15 is 0 Å². The summed E-state index contributed by atoms with van der Waals surface area (Å²) >= 11 is 0. The van der Waals surface area contributed by atoms with Gasteiger partial charge in [-0.3, -0.25) is 10.1 Å². The lowest BCUT2D eigenvalue weighted by molar-refractivity contribution is -0.384. The van der Waals surface area contributed by atoms with E-state index < -0.39 is 4.92 Å². The molecule has 0 aliphatic rings. The Hall–Kier alpha value is -2.63. The highest BCUT2D eigenvalue weighted by molar-refractivity contribution is 5.64. The minimum absolute atomic E-state index is 0.00472. The number of ether oxygens (including phenoxy) is 1. The van der Waals surface area contributed by atoms with Crippen LogP contribution in [0.15, 0.2) is 42.5 Å². The van der Waals surface area contributed by atoms with Gasteiger partial charge >= 0.3 is 0 Å². The van der Waals surface area contributed by atoms with Crippen LogP contribution in [0.1, 0.15) is 5.56 Å². The van der Waals surface area contributed by atoms with Crippen LogP contribution < -0.4 is 10.1 Å². The highest BCUT2D eigenvalue weighted by atomic mass is 19.1. The molecule has 1 N–H and O–H groups in total. The highest BCUT2D eigenvalue weighted by Gasteiger charge is 2.14. The molecule has 0 bridgehead atoms. The fourth-order valence-electron chi connectivity index (χ4n) is 1.94. The maximum absolute atomic E-state index is 12.8. The number of hydrogen-bond donors (Lipinski definition) is 1. The zero-order chi connectivity index (χ0) is 15.2. The minimum atomic E-state index is -0.445. The Bertz CT molecular complexity index is 629. The first kappa shape index (κ1) is 14.8. The molecule has 0 aliphatic heterocycles. The Labute approximate surface area is 121 Å². The summed E-state index contributed by atoms with van der Waals surface area (Å²) in [4.78, 5) is 10.5. The Kier molecular flexibility index (Phi) is 4.71. The van der Waals surface area contributed by atoms with Crippen molar-refractivity contribution in [2.75, 3.05) is 19.0 Å². The monoisotopic (exact) mass is 290 g/mol. The Balaban J connectivity index is 2.04. The first-order valence-corrected chi connectivity index (χ1v) is 6.41. The second kappa shape index (κ2) is 6.69. The molecule has 21 heavy (non-hydrogen) atoms. The summed E-state index contributed by atoms with van der Waals surface area (Å²) in [6, 6.07) is 10.7. The SMILES string of the molecule is COc1ccc([N+](=O)[O-])c(NCCc2ccc(F)cc2)c1. The van der Waals surface area contributed by atoms with Crippen LogP contribution in [-0.4, -0.2) is 18.6 Å². The van der Waals surface area contributed by atoms with Crippen molar-refractivity contribution in [2.45, 2.75) is 6.42 Å². The predicted molar refractivity (Wildman–Crippen MR) is 78.2 cm³/mol. The normalized spacial score (nSPS) is 10.2. The van der Waals surface area contributed by atoms with E-state index in [1.54, 1.807) is 24.3 Å². The number of nitro benzene ring substituents is 1. The van der Waals surface area contributed by atoms with E-state index in [0.29, 0.717) is 24.4 Å². The van der Waals surface area contributed by atoms with Crippen LogP contribution in [0.5, 0.6) is 5.75 Å². The molecule has 0 fully saturated rings. The lowest BCUT2D eigenvalue weighted by Gasteiger charge is -2.09. The summed E-state index contributed by atoms with van der Waals surface area (Å²) in [7, 11) is 1.50. The molecule has 0 heterocycles. The molecular formula is C15H15FN2O3. The number of rotatable bonds is 6. The van der Waals surface area contributed by atoms with Crippen molar-refractivity contribution in [3.63, 3.8) is 0 Å². The van der Waals surface area contributed by atoms with Gasteiger partial charge in [-0.25, -0.2) is 4.39 Å². The van der Waals surface area contributed by atoms with E-state index in [1.165, 1.54) is 25.3 Å². The third-order valence-corrected chi connectivity index (χ3v) is 3.04. The minimum Gasteiger partial charge on any atom is -0.497 e. The van der Waals surface area contributed by atoms with Gasteiger partial charge in [-0.2, -0.15) is 0 Å². The molecule has 6 heteroatoms. The molecule has 0 unspecified atom stereocenters. The maximum Gasteiger partial charge on any atom is 0.292 e. The number of halogens is 1. The fourth-order valence-corrected chi connectivity index (χ4v) is 1.94. The van der Waals surface area contributed by atoms with Crippen LogP contribution >= 0.6 is 0 Å². The number of methoxy groups -OCH3 is 1. The molecule has 0 spiro atoms. The Morgan fingerprint density at radius 1 is 1.24 bits per heavy atom. The molecule has 0 atom stereocenters. The van der Waals surface area contributed by atoms with Gasteiger partial charge in [-0.1, -0.05) is 12.1 Å². The smallest absolute Gasteiger partial charge is 0.292 e. The number of benzene rings is 2. The van der Waals surface area contributed by atoms with Gasteiger partial charge in [0.1, 0.15) is 17.3 Å². The summed E-state index contributed by atoms with van der Waals surface area (Å²) in [5.74, 6) is 0.264. The van der Waals surface area contributed by atoms with Crippen LogP contribution in [0.25, 0.3) is 0 Å². The summed E-state index contributed by atoms with van der Waals surface area (Å²) in [5.41, 5.74) is 1.35. The lowest BCUT2D eigenvalue weighted by Crippen LogP contribution is -2.07. The Morgan fingerprint density at radius 2 is 1.95 bits per heavy atom. The molecule has 0 amide bonds. The first-order valence-electron chi connectivity index (χ1n) is 6.41. The van der Waals surface area contributed by atoms with E-state index in [1.807, 2.05) is 0 Å². The van der Waals surface area contributed by atoms with Crippen molar-refractivity contribution < 1.29 is 14.1 Å². The van der Waals surface area contributed by atoms with E-state index in [4.69, 9.17) is 4.74 Å². The third-order valence-electron chi connectivity index (χ3n) is 3.04. The summed E-state index contributed by atoms with van der Waals surface area (Å²) in [6.07, 6.45) is 0.634. The van der Waals surface area contributed by atoms with Gasteiger partial charge in [0, 0.05) is 18.7 Å². The van der Waals surface area contributed by atoms with E-state index in [2.05, 4.69) is 5.32 Å². The molecule has 5 nitrogen and oxygen atoms in total. The van der Waals surface area contributed by atoms with Gasteiger partial charge in [0.25, 0.3) is 5.69 Å². The molecule has 2 aromatic rings. The topological polar surface area (TPSA) is 64.4 Å². The van der Waals surface area contributed by atoms with Crippen LogP contribution in [0.4, 0.5) is 15.8 Å². The molecular weight excluding hydrogens is 275 g/mol. The van der Waals surface area contributed by atoms with Gasteiger partial charge in [0.15, 0.2) is 0 Å². The standard InChI is InChI=1S/C15H15FN2O3/c1-21-13-6-7-15(18(19)20)14(10-13)17-9-8-11-2-4-12(16)5-3-11/h2-7,10,17H,8-9H2,1H3. The number of hydrogen-bond acceptors (Lipinski definition) is 4. The second-order valence-corrected chi connectivity index (χ2v) is 4.44. The summed E-state index contributed by atoms with van der Waals surface area (Å²) in [6.45, 7) is 0.500. The average molecular weight is 290 g/mol.